The summed E-state index contributed by atoms with van der Waals surface area (Å²) in [5.41, 5.74) is -0.175. The van der Waals surface area contributed by atoms with E-state index in [4.69, 9.17) is 0 Å². The topological polar surface area (TPSA) is 113 Å². The Morgan fingerprint density at radius 1 is 1.06 bits per heavy atom. The number of benzene rings is 1. The molecular formula is C22H28F3N5O3S. The van der Waals surface area contributed by atoms with Crippen molar-refractivity contribution < 1.29 is 26.4 Å². The van der Waals surface area contributed by atoms with E-state index in [0.29, 0.717) is 37.4 Å². The molecule has 0 unspecified atom stereocenters. The van der Waals surface area contributed by atoms with Crippen LogP contribution < -0.4 is 15.4 Å². The first-order valence-electron chi connectivity index (χ1n) is 10.8. The Hall–Kier alpha value is -2.89. The summed E-state index contributed by atoms with van der Waals surface area (Å²) in [4.78, 5) is 19.3. The highest BCUT2D eigenvalue weighted by Crippen LogP contribution is 2.37. The van der Waals surface area contributed by atoms with Crippen LogP contribution in [0.25, 0.3) is 0 Å². The van der Waals surface area contributed by atoms with Crippen molar-refractivity contribution in [1.29, 1.82) is 0 Å². The second kappa shape index (κ2) is 9.40. The van der Waals surface area contributed by atoms with Crippen LogP contribution in [0.1, 0.15) is 57.6 Å². The van der Waals surface area contributed by atoms with Gasteiger partial charge in [0.2, 0.25) is 16.0 Å². The van der Waals surface area contributed by atoms with Crippen LogP contribution in [-0.2, 0) is 21.0 Å². The standard InChI is InChI=1S/C22H28F3N5O3S/c1-13-5-10-17(18(11-13)30-34(32,33)21(2,3)4)28-19-16(22(23,24)25)12-26-20(29-19)27-14-6-8-15(31)9-7-14/h5,10-12,14,30H,6-9H2,1-4H3,(H2,26,27,28,29). The molecule has 3 rings (SSSR count). The molecule has 0 aliphatic heterocycles. The quantitative estimate of drug-likeness (QED) is 0.512. The number of carbonyl (C=O) groups excluding carboxylic acids is 1. The van der Waals surface area contributed by atoms with Crippen LogP contribution >= 0.6 is 0 Å². The zero-order valence-electron chi connectivity index (χ0n) is 19.4. The number of hydrogen-bond acceptors (Lipinski definition) is 7. The number of Topliss-reactive ketones (excluding diaryl/α,β-unsaturated/α-hetero) is 1. The van der Waals surface area contributed by atoms with Crippen LogP contribution in [0.15, 0.2) is 24.4 Å². The van der Waals surface area contributed by atoms with Crippen LogP contribution in [0.3, 0.4) is 0 Å². The first kappa shape index (κ1) is 25.7. The maximum Gasteiger partial charge on any atom is 0.421 e. The third-order valence-corrected chi connectivity index (χ3v) is 7.55. The number of ketones is 1. The van der Waals surface area contributed by atoms with Gasteiger partial charge < -0.3 is 10.6 Å². The average molecular weight is 500 g/mol. The maximum absolute atomic E-state index is 13.7. The Morgan fingerprint density at radius 2 is 1.71 bits per heavy atom. The first-order chi connectivity index (χ1) is 15.7. The molecule has 34 heavy (non-hydrogen) atoms. The number of hydrogen-bond donors (Lipinski definition) is 3. The number of carbonyl (C=O) groups is 1. The third-order valence-electron chi connectivity index (χ3n) is 5.45. The van der Waals surface area contributed by atoms with Crippen LogP contribution in [-0.4, -0.2) is 35.0 Å². The SMILES string of the molecule is Cc1ccc(Nc2nc(NC3CCC(=O)CC3)ncc2C(F)(F)F)c(NS(=O)(=O)C(C)(C)C)c1. The summed E-state index contributed by atoms with van der Waals surface area (Å²) in [6.45, 7) is 6.28. The summed E-state index contributed by atoms with van der Waals surface area (Å²) >= 11 is 0. The molecular weight excluding hydrogens is 471 g/mol. The Bertz CT molecular complexity index is 1170. The van der Waals surface area contributed by atoms with Gasteiger partial charge in [-0.05, 0) is 58.2 Å². The van der Waals surface area contributed by atoms with E-state index in [9.17, 15) is 26.4 Å². The van der Waals surface area contributed by atoms with Gasteiger partial charge in [0.05, 0.1) is 16.1 Å². The highest BCUT2D eigenvalue weighted by atomic mass is 32.2. The molecule has 0 bridgehead atoms. The number of nitrogens with zero attached hydrogens (tertiary/aromatic N) is 2. The fraction of sp³-hybridized carbons (Fsp3) is 0.500. The molecule has 3 N–H and O–H groups in total. The molecule has 8 nitrogen and oxygen atoms in total. The van der Waals surface area contributed by atoms with Gasteiger partial charge in [-0.1, -0.05) is 6.07 Å². The van der Waals surface area contributed by atoms with E-state index >= 15 is 0 Å². The van der Waals surface area contributed by atoms with Crippen LogP contribution in [0.5, 0.6) is 0 Å². The molecule has 1 aliphatic rings. The number of sulfonamides is 1. The van der Waals surface area contributed by atoms with Gasteiger partial charge in [-0.2, -0.15) is 18.2 Å². The minimum Gasteiger partial charge on any atom is -0.351 e. The lowest BCUT2D eigenvalue weighted by Crippen LogP contribution is -2.33. The molecule has 2 aromatic rings. The van der Waals surface area contributed by atoms with E-state index in [0.717, 1.165) is 0 Å². The van der Waals surface area contributed by atoms with Crippen molar-refractivity contribution in [1.82, 2.24) is 9.97 Å². The van der Waals surface area contributed by atoms with Gasteiger partial charge in [0, 0.05) is 25.1 Å². The van der Waals surface area contributed by atoms with Crippen molar-refractivity contribution in [2.75, 3.05) is 15.4 Å². The monoisotopic (exact) mass is 499 g/mol. The average Bonchev–Trinajstić information content (AvgIpc) is 2.70. The van der Waals surface area contributed by atoms with E-state index in [1.165, 1.54) is 32.9 Å². The highest BCUT2D eigenvalue weighted by molar-refractivity contribution is 7.94. The smallest absolute Gasteiger partial charge is 0.351 e. The van der Waals surface area contributed by atoms with E-state index < -0.39 is 32.3 Å². The normalized spacial score (nSPS) is 15.8. The number of aromatic nitrogens is 2. The Kier molecular flexibility index (Phi) is 7.11. The Balaban J connectivity index is 1.96. The van der Waals surface area contributed by atoms with Crippen molar-refractivity contribution in [2.45, 2.75) is 70.3 Å². The number of halogens is 3. The summed E-state index contributed by atoms with van der Waals surface area (Å²) in [5, 5.41) is 5.64. The van der Waals surface area contributed by atoms with Crippen molar-refractivity contribution in [2.24, 2.45) is 0 Å². The van der Waals surface area contributed by atoms with Gasteiger partial charge in [0.1, 0.15) is 17.2 Å². The van der Waals surface area contributed by atoms with E-state index in [1.807, 2.05) is 0 Å². The molecule has 0 saturated heterocycles. The largest absolute Gasteiger partial charge is 0.421 e. The van der Waals surface area contributed by atoms with Crippen LogP contribution in [0.2, 0.25) is 0 Å². The maximum atomic E-state index is 13.7. The number of aryl methyl sites for hydroxylation is 1. The lowest BCUT2D eigenvalue weighted by molar-refractivity contribution is -0.137. The van der Waals surface area contributed by atoms with Gasteiger partial charge in [0.15, 0.2) is 0 Å². The van der Waals surface area contributed by atoms with E-state index in [1.54, 1.807) is 13.0 Å². The predicted molar refractivity (Wildman–Crippen MR) is 125 cm³/mol. The van der Waals surface area contributed by atoms with Crippen LogP contribution in [0, 0.1) is 6.92 Å². The lowest BCUT2D eigenvalue weighted by atomic mass is 9.94. The zero-order valence-corrected chi connectivity index (χ0v) is 20.2. The molecule has 1 aromatic carbocycles. The second-order valence-corrected chi connectivity index (χ2v) is 11.7. The molecule has 1 heterocycles. The summed E-state index contributed by atoms with van der Waals surface area (Å²) in [6.07, 6.45) is -2.19. The van der Waals surface area contributed by atoms with Crippen molar-refractivity contribution in [3.63, 3.8) is 0 Å². The van der Waals surface area contributed by atoms with Crippen molar-refractivity contribution in [3.05, 3.63) is 35.5 Å². The molecule has 186 valence electrons. The van der Waals surface area contributed by atoms with E-state index in [-0.39, 0.29) is 29.1 Å². The molecule has 0 spiro atoms. The van der Waals surface area contributed by atoms with Gasteiger partial charge in [-0.15, -0.1) is 0 Å². The molecule has 1 fully saturated rings. The summed E-state index contributed by atoms with van der Waals surface area (Å²) < 4.78 is 67.8. The van der Waals surface area contributed by atoms with Crippen molar-refractivity contribution >= 4 is 38.9 Å². The van der Waals surface area contributed by atoms with E-state index in [2.05, 4.69) is 25.3 Å². The first-order valence-corrected chi connectivity index (χ1v) is 12.3. The predicted octanol–water partition coefficient (Wildman–Crippen LogP) is 5.01. The molecule has 0 atom stereocenters. The fourth-order valence-electron chi connectivity index (χ4n) is 3.30. The Labute approximate surface area is 196 Å². The zero-order chi connectivity index (χ0) is 25.3. The molecule has 1 aliphatic carbocycles. The minimum atomic E-state index is -4.74. The number of anilines is 4. The lowest BCUT2D eigenvalue weighted by Gasteiger charge is -2.24. The van der Waals surface area contributed by atoms with Gasteiger partial charge in [-0.25, -0.2) is 13.4 Å². The highest BCUT2D eigenvalue weighted by Gasteiger charge is 2.36. The van der Waals surface area contributed by atoms with Gasteiger partial charge in [0.25, 0.3) is 0 Å². The number of rotatable bonds is 6. The number of nitrogens with one attached hydrogen (secondary N) is 3. The Morgan fingerprint density at radius 3 is 2.29 bits per heavy atom. The molecule has 1 saturated carbocycles. The van der Waals surface area contributed by atoms with Gasteiger partial charge in [-0.3, -0.25) is 9.52 Å². The number of alkyl halides is 3. The minimum absolute atomic E-state index is 0.0150. The van der Waals surface area contributed by atoms with Crippen molar-refractivity contribution in [3.8, 4) is 0 Å². The molecule has 1 aromatic heterocycles. The third kappa shape index (κ3) is 6.16. The molecule has 0 radical (unpaired) electrons. The second-order valence-electron chi connectivity index (χ2n) is 9.30. The summed E-state index contributed by atoms with van der Waals surface area (Å²) in [7, 11) is -3.84. The van der Waals surface area contributed by atoms with Gasteiger partial charge >= 0.3 is 6.18 Å². The van der Waals surface area contributed by atoms with Crippen LogP contribution in [0.4, 0.5) is 36.3 Å². The fourth-order valence-corrected chi connectivity index (χ4v) is 4.06. The summed E-state index contributed by atoms with van der Waals surface area (Å²) in [6, 6.07) is 4.52. The summed E-state index contributed by atoms with van der Waals surface area (Å²) in [5.74, 6) is -0.380. The molecule has 12 heteroatoms. The molecule has 0 amide bonds.